The number of imidazole rings is 2. The van der Waals surface area contributed by atoms with Gasteiger partial charge in [-0.25, -0.2) is 33.4 Å². The molecule has 3 aromatic heterocycles. The van der Waals surface area contributed by atoms with Crippen molar-refractivity contribution in [3.05, 3.63) is 25.0 Å². The van der Waals surface area contributed by atoms with Crippen molar-refractivity contribution >= 4 is 46.2 Å². The quantitative estimate of drug-likeness (QED) is 0.0502. The Hall–Kier alpha value is -2.35. The highest BCUT2D eigenvalue weighted by Crippen LogP contribution is 2.58. The summed E-state index contributed by atoms with van der Waals surface area (Å²) in [6, 6.07) is 0. The minimum absolute atomic E-state index is 0.153. The Morgan fingerprint density at radius 1 is 0.956 bits per heavy atom. The van der Waals surface area contributed by atoms with Gasteiger partial charge >= 0.3 is 29.4 Å². The highest BCUT2D eigenvalue weighted by molar-refractivity contribution is 7.60. The van der Waals surface area contributed by atoms with Crippen molar-refractivity contribution in [2.45, 2.75) is 49.1 Å². The lowest BCUT2D eigenvalue weighted by atomic mass is 10.1. The number of rotatable bonds is 11. The van der Waals surface area contributed by atoms with E-state index in [1.807, 2.05) is 0 Å². The third kappa shape index (κ3) is 9.59. The minimum atomic E-state index is -5.84. The van der Waals surface area contributed by atoms with E-state index in [-0.39, 0.29) is 11.2 Å². The van der Waals surface area contributed by atoms with Gasteiger partial charge in [-0.2, -0.15) is 4.31 Å². The van der Waals surface area contributed by atoms with Crippen molar-refractivity contribution in [1.82, 2.24) is 23.9 Å². The summed E-state index contributed by atoms with van der Waals surface area (Å²) in [5.74, 6) is -1.94. The van der Waals surface area contributed by atoms with E-state index in [0.29, 0.717) is 5.65 Å². The molecular formula is C17H26N5O20P3. The Morgan fingerprint density at radius 2 is 1.58 bits per heavy atom. The van der Waals surface area contributed by atoms with Crippen LogP contribution in [0.15, 0.2) is 25.0 Å². The zero-order valence-electron chi connectivity index (χ0n) is 21.8. The Labute approximate surface area is 248 Å². The smallest absolute Gasteiger partial charge is 0.431 e. The number of carbonyl (C=O) groups excluding carboxylic acids is 1. The molecule has 1 aliphatic rings. The van der Waals surface area contributed by atoms with Gasteiger partial charge in [-0.3, -0.25) is 13.5 Å². The number of phosphoric acid groups is 3. The second-order valence-electron chi connectivity index (χ2n) is 8.85. The van der Waals surface area contributed by atoms with E-state index in [1.54, 1.807) is 10.6 Å². The van der Waals surface area contributed by atoms with Crippen LogP contribution in [-0.4, -0.2) is 139 Å². The average molecular weight is 713 g/mol. The number of nitrogens with zero attached hydrogens (tertiary/aromatic N) is 5. The molecule has 0 saturated carbocycles. The molecule has 4 heterocycles. The third-order valence-electron chi connectivity index (χ3n) is 5.60. The van der Waals surface area contributed by atoms with E-state index in [4.69, 9.17) is 38.9 Å². The Bertz CT molecular complexity index is 1610. The maximum atomic E-state index is 12.6. The van der Waals surface area contributed by atoms with Crippen LogP contribution in [0.3, 0.4) is 0 Å². The maximum Gasteiger partial charge on any atom is 0.482 e. The van der Waals surface area contributed by atoms with Crippen molar-refractivity contribution < 1.29 is 96.8 Å². The van der Waals surface area contributed by atoms with Crippen LogP contribution >= 0.6 is 23.5 Å². The van der Waals surface area contributed by atoms with Gasteiger partial charge in [0, 0.05) is 12.4 Å². The molecule has 3 aromatic rings. The lowest BCUT2D eigenvalue weighted by Gasteiger charge is -2.28. The molecule has 0 bridgehead atoms. The highest BCUT2D eigenvalue weighted by atomic mass is 31.3. The van der Waals surface area contributed by atoms with Crippen molar-refractivity contribution in [3.8, 4) is 0 Å². The average Bonchev–Trinajstić information content (AvgIpc) is 3.61. The van der Waals surface area contributed by atoms with Crippen molar-refractivity contribution in [2.24, 2.45) is 0 Å². The molecule has 12 N–H and O–H groups in total. The number of aromatic nitrogens is 5. The molecular weight excluding hydrogens is 687 g/mol. The standard InChI is InChI=1S/C17H23N5O16P2.H3O4P/c23-3-6(24)8(25)12(37-40(33,34)38-39(30,31)32)17(29)36-16(28)11-9(26)10(27)15(35-11)22-5-19-7-13-18-1-2-21(13)4-20-14(7)22;1-5(2,3)4/h1-2,4-6,8-12,15-16,23-28H,3H2,(H,33,34)(H2,30,31,32);(H3,1,2,3,4)/t6-,8-,9+,10-,11+,12-,15-,16?;/m1./s1. The number of ether oxygens (including phenoxy) is 2. The lowest BCUT2D eigenvalue weighted by molar-refractivity contribution is -0.214. The van der Waals surface area contributed by atoms with E-state index < -0.39 is 85.2 Å². The fraction of sp³-hybridized carbons (Fsp3) is 0.529. The van der Waals surface area contributed by atoms with Crippen LogP contribution in [0.5, 0.6) is 0 Å². The first-order chi connectivity index (χ1) is 20.6. The zero-order valence-corrected chi connectivity index (χ0v) is 24.5. The number of hydrogen-bond donors (Lipinski definition) is 12. The second-order valence-corrected chi connectivity index (χ2v) is 12.7. The van der Waals surface area contributed by atoms with Gasteiger partial charge in [0.2, 0.25) is 6.29 Å². The van der Waals surface area contributed by atoms with Crippen molar-refractivity contribution in [1.29, 1.82) is 0 Å². The van der Waals surface area contributed by atoms with Gasteiger partial charge in [0.1, 0.15) is 30.7 Å². The molecule has 25 nitrogen and oxygen atoms in total. The van der Waals surface area contributed by atoms with Gasteiger partial charge < -0.3 is 69.5 Å². The van der Waals surface area contributed by atoms with E-state index in [0.717, 1.165) is 0 Å². The molecule has 1 aliphatic heterocycles. The molecule has 45 heavy (non-hydrogen) atoms. The number of fused-ring (bicyclic) bond motifs is 3. The summed E-state index contributed by atoms with van der Waals surface area (Å²) in [4.78, 5) is 73.7. The van der Waals surface area contributed by atoms with Crippen LogP contribution in [0.4, 0.5) is 0 Å². The Morgan fingerprint density at radius 3 is 2.16 bits per heavy atom. The molecule has 1 saturated heterocycles. The highest BCUT2D eigenvalue weighted by Gasteiger charge is 2.50. The summed E-state index contributed by atoms with van der Waals surface area (Å²) in [5.41, 5.74) is 0.844. The largest absolute Gasteiger partial charge is 0.482 e. The monoisotopic (exact) mass is 713 g/mol. The molecule has 0 aromatic carbocycles. The number of aliphatic hydroxyl groups excluding tert-OH is 6. The summed E-state index contributed by atoms with van der Waals surface area (Å²) in [6.07, 6.45) is -11.4. The van der Waals surface area contributed by atoms with Crippen LogP contribution in [0.25, 0.3) is 16.8 Å². The SMILES string of the molecule is O=C(OC(O)[C@H]1O[C@@H](n2cnc3c2ncn2ccnc32)[C@H](O)[C@@H]1O)[C@H](OP(=O)(O)OP(=O)(O)O)[C@H](O)[C@H](O)CO.O=P(O)(O)O. The van der Waals surface area contributed by atoms with Crippen LogP contribution < -0.4 is 0 Å². The molecule has 0 aliphatic carbocycles. The second kappa shape index (κ2) is 14.2. The number of aliphatic hydroxyl groups is 6. The predicted molar refractivity (Wildman–Crippen MR) is 135 cm³/mol. The van der Waals surface area contributed by atoms with Crippen molar-refractivity contribution in [2.75, 3.05) is 6.61 Å². The van der Waals surface area contributed by atoms with Crippen LogP contribution in [0.1, 0.15) is 6.23 Å². The molecule has 9 atom stereocenters. The molecule has 2 unspecified atom stereocenters. The predicted octanol–water partition coefficient (Wildman–Crippen LogP) is -5.06. The van der Waals surface area contributed by atoms with Gasteiger partial charge in [-0.15, -0.1) is 0 Å². The zero-order chi connectivity index (χ0) is 34.1. The normalized spacial score (nSPS) is 24.8. The lowest BCUT2D eigenvalue weighted by Crippen LogP contribution is -2.48. The fourth-order valence-corrected chi connectivity index (χ4v) is 5.52. The maximum absolute atomic E-state index is 12.6. The first-order valence-electron chi connectivity index (χ1n) is 11.7. The molecule has 4 rings (SSSR count). The molecule has 1 fully saturated rings. The molecule has 0 radical (unpaired) electrons. The number of hydrogen-bond acceptors (Lipinski definition) is 17. The van der Waals surface area contributed by atoms with Gasteiger partial charge in [-0.1, -0.05) is 0 Å². The summed E-state index contributed by atoms with van der Waals surface area (Å²) in [7, 11) is -16.2. The van der Waals surface area contributed by atoms with Gasteiger partial charge in [0.05, 0.1) is 12.9 Å². The topological polar surface area (TPSA) is 396 Å². The van der Waals surface area contributed by atoms with Gasteiger partial charge in [0.15, 0.2) is 35.2 Å². The number of carbonyl (C=O) groups is 1. The first kappa shape index (κ1) is 37.1. The summed E-state index contributed by atoms with van der Waals surface area (Å²) in [5, 5.41) is 60.2. The molecule has 28 heteroatoms. The van der Waals surface area contributed by atoms with Crippen LogP contribution in [0.2, 0.25) is 0 Å². The van der Waals surface area contributed by atoms with E-state index in [2.05, 4.69) is 28.5 Å². The summed E-state index contributed by atoms with van der Waals surface area (Å²) >= 11 is 0. The number of esters is 1. The summed E-state index contributed by atoms with van der Waals surface area (Å²) in [6.45, 7) is -1.23. The molecule has 0 spiro atoms. The van der Waals surface area contributed by atoms with Crippen LogP contribution in [0, 0.1) is 0 Å². The minimum Gasteiger partial charge on any atom is -0.431 e. The van der Waals surface area contributed by atoms with E-state index >= 15 is 0 Å². The van der Waals surface area contributed by atoms with E-state index in [9.17, 15) is 44.4 Å². The fourth-order valence-electron chi connectivity index (χ4n) is 3.79. The Kier molecular flexibility index (Phi) is 11.7. The number of phosphoric ester groups is 1. The van der Waals surface area contributed by atoms with Crippen molar-refractivity contribution in [3.63, 3.8) is 0 Å². The third-order valence-corrected chi connectivity index (χ3v) is 7.77. The molecule has 254 valence electrons. The summed E-state index contributed by atoms with van der Waals surface area (Å²) < 4.78 is 52.3. The van der Waals surface area contributed by atoms with E-state index in [1.165, 1.54) is 23.4 Å². The van der Waals surface area contributed by atoms with Crippen LogP contribution in [-0.2, 0) is 36.8 Å². The van der Waals surface area contributed by atoms with Gasteiger partial charge in [0.25, 0.3) is 0 Å². The first-order valence-corrected chi connectivity index (χ1v) is 16.3. The van der Waals surface area contributed by atoms with Gasteiger partial charge in [-0.05, 0) is 0 Å². The Balaban J connectivity index is 0.00000102. The molecule has 0 amide bonds.